The van der Waals surface area contributed by atoms with Crippen LogP contribution in [0.1, 0.15) is 43.6 Å². The number of carbonyl (C=O) groups is 1. The van der Waals surface area contributed by atoms with Gasteiger partial charge in [0.25, 0.3) is 11.5 Å². The highest BCUT2D eigenvalue weighted by Crippen LogP contribution is 2.25. The van der Waals surface area contributed by atoms with Gasteiger partial charge in [-0.2, -0.15) is 9.78 Å². The largest absolute Gasteiger partial charge is 0.334 e. The second kappa shape index (κ2) is 6.99. The summed E-state index contributed by atoms with van der Waals surface area (Å²) in [7, 11) is 0. The van der Waals surface area contributed by atoms with Crippen molar-refractivity contribution in [3.8, 4) is 5.69 Å². The smallest absolute Gasteiger partial charge is 0.274 e. The number of nitrogens with zero attached hydrogens (tertiary/aromatic N) is 3. The van der Waals surface area contributed by atoms with E-state index in [1.54, 1.807) is 12.1 Å². The van der Waals surface area contributed by atoms with Gasteiger partial charge < -0.3 is 4.90 Å². The van der Waals surface area contributed by atoms with E-state index < -0.39 is 0 Å². The van der Waals surface area contributed by atoms with Crippen molar-refractivity contribution < 1.29 is 4.79 Å². The third kappa shape index (κ3) is 3.25. The average Bonchev–Trinajstić information content (AvgIpc) is 2.63. The Kier molecular flexibility index (Phi) is 4.79. The second-order valence-corrected chi connectivity index (χ2v) is 6.46. The van der Waals surface area contributed by atoms with Gasteiger partial charge in [0.15, 0.2) is 0 Å². The van der Waals surface area contributed by atoms with Crippen LogP contribution in [0.4, 0.5) is 0 Å². The molecular weight excluding hydrogens is 302 g/mol. The quantitative estimate of drug-likeness (QED) is 0.872. The molecule has 0 radical (unpaired) electrons. The summed E-state index contributed by atoms with van der Waals surface area (Å²) in [5.74, 6) is 0.454. The molecule has 24 heavy (non-hydrogen) atoms. The zero-order chi connectivity index (χ0) is 17.1. The molecule has 1 aliphatic heterocycles. The number of amides is 1. The summed E-state index contributed by atoms with van der Waals surface area (Å²) in [6, 6.07) is 12.3. The molecule has 1 aliphatic rings. The molecule has 1 fully saturated rings. The van der Waals surface area contributed by atoms with E-state index in [1.165, 1.54) is 23.2 Å². The van der Waals surface area contributed by atoms with Gasteiger partial charge in [-0.15, -0.1) is 0 Å². The number of benzene rings is 1. The molecule has 2 aromatic rings. The van der Waals surface area contributed by atoms with Crippen LogP contribution in [-0.4, -0.2) is 33.2 Å². The molecule has 0 saturated carbocycles. The van der Waals surface area contributed by atoms with Crippen molar-refractivity contribution in [3.63, 3.8) is 0 Å². The maximum atomic E-state index is 12.9. The highest BCUT2D eigenvalue weighted by molar-refractivity contribution is 5.92. The predicted octanol–water partition coefficient (Wildman–Crippen LogP) is 2.88. The minimum atomic E-state index is -0.240. The van der Waals surface area contributed by atoms with Crippen molar-refractivity contribution in [2.75, 3.05) is 6.54 Å². The molecule has 2 atom stereocenters. The van der Waals surface area contributed by atoms with Crippen molar-refractivity contribution in [3.05, 3.63) is 58.5 Å². The van der Waals surface area contributed by atoms with Crippen molar-refractivity contribution in [2.45, 2.75) is 39.2 Å². The Bertz CT molecular complexity index is 770. The average molecular weight is 325 g/mol. The standard InChI is InChI=1S/C19H23N3O2/c1-3-15-10-9-14(2)21(13-15)19(24)17-11-12-18(23)22(20-17)16-7-5-4-6-8-16/h4-8,11-12,14-15H,3,9-10,13H2,1-2H3/t14-,15-/m1/s1. The van der Waals surface area contributed by atoms with Gasteiger partial charge in [-0.3, -0.25) is 9.59 Å². The second-order valence-electron chi connectivity index (χ2n) is 6.46. The molecule has 0 bridgehead atoms. The van der Waals surface area contributed by atoms with Crippen LogP contribution in [0.2, 0.25) is 0 Å². The van der Waals surface area contributed by atoms with E-state index in [0.717, 1.165) is 19.4 Å². The van der Waals surface area contributed by atoms with Crippen LogP contribution in [0.5, 0.6) is 0 Å². The molecule has 1 aromatic heterocycles. The Morgan fingerprint density at radius 2 is 1.92 bits per heavy atom. The van der Waals surface area contributed by atoms with Crippen LogP contribution in [0.25, 0.3) is 5.69 Å². The van der Waals surface area contributed by atoms with Gasteiger partial charge in [-0.05, 0) is 43.9 Å². The zero-order valence-electron chi connectivity index (χ0n) is 14.2. The summed E-state index contributed by atoms with van der Waals surface area (Å²) in [5, 5.41) is 4.32. The van der Waals surface area contributed by atoms with Crippen LogP contribution in [0, 0.1) is 5.92 Å². The van der Waals surface area contributed by atoms with E-state index >= 15 is 0 Å². The number of likely N-dealkylation sites (tertiary alicyclic amines) is 1. The number of piperidine rings is 1. The Morgan fingerprint density at radius 1 is 1.17 bits per heavy atom. The minimum Gasteiger partial charge on any atom is -0.334 e. The molecule has 2 heterocycles. The van der Waals surface area contributed by atoms with Crippen LogP contribution < -0.4 is 5.56 Å². The van der Waals surface area contributed by atoms with E-state index in [2.05, 4.69) is 18.9 Å². The molecule has 1 amide bonds. The van der Waals surface area contributed by atoms with Crippen molar-refractivity contribution in [1.82, 2.24) is 14.7 Å². The highest BCUT2D eigenvalue weighted by Gasteiger charge is 2.29. The van der Waals surface area contributed by atoms with Crippen LogP contribution >= 0.6 is 0 Å². The Morgan fingerprint density at radius 3 is 2.62 bits per heavy atom. The van der Waals surface area contributed by atoms with Crippen LogP contribution in [0.3, 0.4) is 0 Å². The van der Waals surface area contributed by atoms with Gasteiger partial charge in [0, 0.05) is 18.7 Å². The number of hydrogen-bond acceptors (Lipinski definition) is 3. The van der Waals surface area contributed by atoms with Gasteiger partial charge in [0.2, 0.25) is 0 Å². The van der Waals surface area contributed by atoms with E-state index in [4.69, 9.17) is 0 Å². The predicted molar refractivity (Wildman–Crippen MR) is 93.3 cm³/mol. The lowest BCUT2D eigenvalue weighted by Crippen LogP contribution is -2.46. The van der Waals surface area contributed by atoms with Gasteiger partial charge in [0.05, 0.1) is 5.69 Å². The third-order valence-electron chi connectivity index (χ3n) is 4.84. The number of aromatic nitrogens is 2. The van der Waals surface area contributed by atoms with Gasteiger partial charge in [-0.1, -0.05) is 31.5 Å². The fourth-order valence-corrected chi connectivity index (χ4v) is 3.22. The molecule has 0 N–H and O–H groups in total. The number of para-hydroxylation sites is 1. The van der Waals surface area contributed by atoms with Gasteiger partial charge >= 0.3 is 0 Å². The van der Waals surface area contributed by atoms with Crippen LogP contribution in [0.15, 0.2) is 47.3 Å². The number of hydrogen-bond donors (Lipinski definition) is 0. The Balaban J connectivity index is 1.92. The molecule has 0 unspecified atom stereocenters. The van der Waals surface area contributed by atoms with Crippen molar-refractivity contribution in [1.29, 1.82) is 0 Å². The molecular formula is C19H23N3O2. The third-order valence-corrected chi connectivity index (χ3v) is 4.84. The van der Waals surface area contributed by atoms with E-state index in [9.17, 15) is 9.59 Å². The maximum Gasteiger partial charge on any atom is 0.274 e. The first-order valence-corrected chi connectivity index (χ1v) is 8.57. The summed E-state index contributed by atoms with van der Waals surface area (Å²) in [4.78, 5) is 26.9. The van der Waals surface area contributed by atoms with E-state index in [1.807, 2.05) is 23.1 Å². The van der Waals surface area contributed by atoms with Gasteiger partial charge in [0.1, 0.15) is 5.69 Å². The number of carbonyl (C=O) groups excluding carboxylic acids is 1. The lowest BCUT2D eigenvalue weighted by Gasteiger charge is -2.37. The lowest BCUT2D eigenvalue weighted by molar-refractivity contribution is 0.0548. The van der Waals surface area contributed by atoms with Crippen molar-refractivity contribution >= 4 is 5.91 Å². The molecule has 5 heteroatoms. The minimum absolute atomic E-state index is 0.0923. The zero-order valence-corrected chi connectivity index (χ0v) is 14.2. The lowest BCUT2D eigenvalue weighted by atomic mass is 9.91. The molecule has 5 nitrogen and oxygen atoms in total. The molecule has 1 saturated heterocycles. The van der Waals surface area contributed by atoms with E-state index in [-0.39, 0.29) is 17.5 Å². The monoisotopic (exact) mass is 325 g/mol. The van der Waals surface area contributed by atoms with E-state index in [0.29, 0.717) is 17.3 Å². The SMILES string of the molecule is CC[C@@H]1CC[C@@H](C)N(C(=O)c2ccc(=O)n(-c3ccccc3)n2)C1. The molecule has 0 aliphatic carbocycles. The first-order valence-electron chi connectivity index (χ1n) is 8.57. The van der Waals surface area contributed by atoms with Gasteiger partial charge in [-0.25, -0.2) is 0 Å². The molecule has 3 rings (SSSR count). The summed E-state index contributed by atoms with van der Waals surface area (Å²) >= 11 is 0. The van der Waals surface area contributed by atoms with Crippen LogP contribution in [-0.2, 0) is 0 Å². The Labute approximate surface area is 141 Å². The summed E-state index contributed by atoms with van der Waals surface area (Å²) in [5.41, 5.74) is 0.744. The summed E-state index contributed by atoms with van der Waals surface area (Å²) < 4.78 is 1.29. The van der Waals surface area contributed by atoms with Crippen molar-refractivity contribution in [2.24, 2.45) is 5.92 Å². The molecule has 1 aromatic carbocycles. The first kappa shape index (κ1) is 16.4. The molecule has 0 spiro atoms. The fraction of sp³-hybridized carbons (Fsp3) is 0.421. The highest BCUT2D eigenvalue weighted by atomic mass is 16.2. The normalized spacial score (nSPS) is 20.8. The first-order chi connectivity index (χ1) is 11.6. The fourth-order valence-electron chi connectivity index (χ4n) is 3.22. The maximum absolute atomic E-state index is 12.9. The molecule has 126 valence electrons. The summed E-state index contributed by atoms with van der Waals surface area (Å²) in [6.07, 6.45) is 3.26. The number of rotatable bonds is 3. The Hall–Kier alpha value is -2.43. The topological polar surface area (TPSA) is 55.2 Å². The summed E-state index contributed by atoms with van der Waals surface area (Å²) in [6.45, 7) is 5.01.